The minimum Gasteiger partial charge on any atom is -0.540 e. The number of nitrogens with zero attached hydrogens (tertiary/aromatic N) is 3. The number of carboxylic acid groups (broad SMARTS) is 1. The summed E-state index contributed by atoms with van der Waals surface area (Å²) >= 11 is 3.41. The van der Waals surface area contributed by atoms with Crippen LogP contribution in [0.5, 0.6) is 0 Å². The predicted molar refractivity (Wildman–Crippen MR) is 67.4 cm³/mol. The van der Waals surface area contributed by atoms with Crippen LogP contribution in [0.4, 0.5) is 0 Å². The van der Waals surface area contributed by atoms with Crippen molar-refractivity contribution < 1.29 is 43.9 Å². The van der Waals surface area contributed by atoms with Crippen molar-refractivity contribution >= 4 is 32.8 Å². The van der Waals surface area contributed by atoms with Gasteiger partial charge in [0.05, 0.1) is 0 Å². The smallest absolute Gasteiger partial charge is 0.540 e. The van der Waals surface area contributed by atoms with E-state index in [9.17, 15) is 9.90 Å². The normalized spacial score (nSPS) is 10.4. The molecule has 0 aliphatic rings. The van der Waals surface area contributed by atoms with Crippen LogP contribution in [0.15, 0.2) is 39.4 Å². The van der Waals surface area contributed by atoms with Gasteiger partial charge in [-0.2, -0.15) is 0 Å². The van der Waals surface area contributed by atoms with Crippen molar-refractivity contribution in [3.63, 3.8) is 0 Å². The molecule has 2 aromatic heterocycles. The van der Waals surface area contributed by atoms with Crippen LogP contribution in [0.2, 0.25) is 0 Å². The van der Waals surface area contributed by atoms with Crippen LogP contribution >= 0.6 is 15.9 Å². The Hall–Kier alpha value is -1.15. The van der Waals surface area contributed by atoms with Crippen LogP contribution < -0.4 is 34.7 Å². The van der Waals surface area contributed by atoms with E-state index in [-0.39, 0.29) is 35.4 Å². The summed E-state index contributed by atoms with van der Waals surface area (Å²) in [6.45, 7) is 0.306. The van der Waals surface area contributed by atoms with Gasteiger partial charge in [0.1, 0.15) is 12.5 Å². The summed E-state index contributed by atoms with van der Waals surface area (Å²) < 4.78 is 7.84. The summed E-state index contributed by atoms with van der Waals surface area (Å²) in [6.07, 6.45) is 1.87. The molecule has 0 fully saturated rings. The number of carbonyl (C=O) groups excluding carboxylic acids is 1. The van der Waals surface area contributed by atoms with Crippen molar-refractivity contribution in [2.24, 2.45) is 0 Å². The number of carboxylic acids is 1. The molecule has 1 aromatic carbocycles. The van der Waals surface area contributed by atoms with Gasteiger partial charge in [0.25, 0.3) is 5.89 Å². The summed E-state index contributed by atoms with van der Waals surface area (Å²) in [6, 6.07) is 7.85. The quantitative estimate of drug-likeness (QED) is 0.524. The molecule has 8 heteroatoms. The fourth-order valence-electron chi connectivity index (χ4n) is 1.84. The van der Waals surface area contributed by atoms with E-state index < -0.39 is 11.9 Å². The molecule has 20 heavy (non-hydrogen) atoms. The van der Waals surface area contributed by atoms with Gasteiger partial charge in [-0.25, -0.2) is 0 Å². The zero-order valence-corrected chi connectivity index (χ0v) is 14.1. The number of fused-ring (bicyclic) bond motifs is 1. The summed E-state index contributed by atoms with van der Waals surface area (Å²) in [7, 11) is 0. The third-order valence-corrected chi connectivity index (χ3v) is 3.18. The third kappa shape index (κ3) is 2.95. The summed E-state index contributed by atoms with van der Waals surface area (Å²) in [4.78, 5) is 10.6. The van der Waals surface area contributed by atoms with Crippen molar-refractivity contribution in [3.8, 4) is 0 Å². The molecule has 0 amide bonds. The van der Waals surface area contributed by atoms with Crippen molar-refractivity contribution in [1.82, 2.24) is 14.8 Å². The van der Waals surface area contributed by atoms with E-state index in [4.69, 9.17) is 4.42 Å². The van der Waals surface area contributed by atoms with Gasteiger partial charge in [0.2, 0.25) is 5.89 Å². The first-order valence-electron chi connectivity index (χ1n) is 5.41. The van der Waals surface area contributed by atoms with E-state index in [1.807, 2.05) is 35.0 Å². The molecule has 0 aliphatic carbocycles. The Kier molecular flexibility index (Phi) is 4.64. The maximum absolute atomic E-state index is 10.6. The Balaban J connectivity index is 0.00000147. The Labute approximate surface area is 144 Å². The van der Waals surface area contributed by atoms with E-state index >= 15 is 0 Å². The van der Waals surface area contributed by atoms with Crippen molar-refractivity contribution in [3.05, 3.63) is 46.7 Å². The number of hydrogen-bond acceptors (Lipinski definition) is 5. The average Bonchev–Trinajstić information content (AvgIpc) is 2.98. The van der Waals surface area contributed by atoms with E-state index in [0.717, 1.165) is 15.4 Å². The first kappa shape index (κ1) is 15.2. The molecule has 3 rings (SSSR count). The number of aromatic nitrogens is 3. The fraction of sp³-hybridized carbons (Fsp3) is 0.0833. The van der Waals surface area contributed by atoms with Crippen LogP contribution in [-0.2, 0) is 6.54 Å². The van der Waals surface area contributed by atoms with Gasteiger partial charge >= 0.3 is 29.6 Å². The monoisotopic (exact) mass is 343 g/mol. The number of aromatic carboxylic acids is 1. The van der Waals surface area contributed by atoms with Crippen LogP contribution in [0.25, 0.3) is 10.9 Å². The molecule has 0 unspecified atom stereocenters. The Morgan fingerprint density at radius 3 is 2.85 bits per heavy atom. The number of halogens is 1. The second-order valence-electron chi connectivity index (χ2n) is 3.94. The molecular formula is C12H7BrN3NaO3. The number of carbonyl (C=O) groups is 1. The molecule has 0 bridgehead atoms. The van der Waals surface area contributed by atoms with Crippen LogP contribution in [0.1, 0.15) is 16.6 Å². The van der Waals surface area contributed by atoms with Gasteiger partial charge in [-0.3, -0.25) is 0 Å². The maximum Gasteiger partial charge on any atom is 1.00 e. The van der Waals surface area contributed by atoms with Crippen LogP contribution in [0, 0.1) is 0 Å². The maximum atomic E-state index is 10.6. The first-order valence-corrected chi connectivity index (χ1v) is 6.21. The zero-order valence-electron chi connectivity index (χ0n) is 10.5. The zero-order chi connectivity index (χ0) is 13.4. The van der Waals surface area contributed by atoms with E-state index in [0.29, 0.717) is 6.54 Å². The summed E-state index contributed by atoms with van der Waals surface area (Å²) in [5, 5.41) is 18.7. The molecule has 2 heterocycles. The molecule has 0 spiro atoms. The molecule has 0 atom stereocenters. The number of hydrogen-bond donors (Lipinski definition) is 0. The average molecular weight is 344 g/mol. The third-order valence-electron chi connectivity index (χ3n) is 2.68. The minimum absolute atomic E-state index is 0. The first-order chi connectivity index (χ1) is 9.13. The second-order valence-corrected chi connectivity index (χ2v) is 4.85. The molecular weight excluding hydrogens is 337 g/mol. The second kappa shape index (κ2) is 6.09. The van der Waals surface area contributed by atoms with Gasteiger partial charge in [-0.05, 0) is 23.6 Å². The summed E-state index contributed by atoms with van der Waals surface area (Å²) in [5.41, 5.74) is 0.988. The molecule has 0 saturated carbocycles. The Morgan fingerprint density at radius 1 is 1.35 bits per heavy atom. The number of rotatable bonds is 3. The van der Waals surface area contributed by atoms with Crippen molar-refractivity contribution in [2.75, 3.05) is 0 Å². The predicted octanol–water partition coefficient (Wildman–Crippen LogP) is -1.80. The molecule has 0 N–H and O–H groups in total. The number of benzene rings is 1. The van der Waals surface area contributed by atoms with E-state index in [1.165, 1.54) is 0 Å². The van der Waals surface area contributed by atoms with Gasteiger partial charge in [0.15, 0.2) is 0 Å². The molecule has 96 valence electrons. The molecule has 3 aromatic rings. The van der Waals surface area contributed by atoms with E-state index in [2.05, 4.69) is 26.1 Å². The Morgan fingerprint density at radius 2 is 2.15 bits per heavy atom. The summed E-state index contributed by atoms with van der Waals surface area (Å²) in [5.74, 6) is -1.76. The van der Waals surface area contributed by atoms with Crippen LogP contribution in [-0.4, -0.2) is 20.7 Å². The van der Waals surface area contributed by atoms with Crippen LogP contribution in [0.3, 0.4) is 0 Å². The van der Waals surface area contributed by atoms with Gasteiger partial charge in [-0.15, -0.1) is 10.2 Å². The minimum atomic E-state index is -1.47. The van der Waals surface area contributed by atoms with Crippen molar-refractivity contribution in [2.45, 2.75) is 6.54 Å². The Bertz CT molecular complexity index is 768. The van der Waals surface area contributed by atoms with E-state index in [1.54, 1.807) is 0 Å². The van der Waals surface area contributed by atoms with Crippen molar-refractivity contribution in [1.29, 1.82) is 0 Å². The SMILES string of the molecule is O=C([O-])c1nnc(Cn2ccc3ccc(Br)cc32)o1.[Na+]. The van der Waals surface area contributed by atoms with Gasteiger partial charge in [0, 0.05) is 16.2 Å². The molecule has 0 radical (unpaired) electrons. The van der Waals surface area contributed by atoms with Gasteiger partial charge < -0.3 is 18.9 Å². The van der Waals surface area contributed by atoms with Gasteiger partial charge in [-0.1, -0.05) is 22.0 Å². The molecule has 0 aliphatic heterocycles. The standard InChI is InChI=1S/C12H8BrN3O3.Na/c13-8-2-1-7-3-4-16(9(7)5-8)6-10-14-15-11(19-10)12(17)18;/h1-5H,6H2,(H,17,18);/q;+1/p-1. The fourth-order valence-corrected chi connectivity index (χ4v) is 2.19. The molecule has 0 saturated heterocycles. The topological polar surface area (TPSA) is 84.0 Å². The largest absolute Gasteiger partial charge is 1.00 e. The molecule has 6 nitrogen and oxygen atoms in total.